The van der Waals surface area contributed by atoms with Crippen LogP contribution in [0.1, 0.15) is 31.5 Å². The van der Waals surface area contributed by atoms with Crippen molar-refractivity contribution in [3.8, 4) is 0 Å². The summed E-state index contributed by atoms with van der Waals surface area (Å²) in [5.41, 5.74) is 2.74. The summed E-state index contributed by atoms with van der Waals surface area (Å²) in [6.07, 6.45) is 0.899. The topological polar surface area (TPSA) is 65.1 Å². The molecule has 0 unspecified atom stereocenters. The zero-order valence-corrected chi connectivity index (χ0v) is 12.3. The van der Waals surface area contributed by atoms with Gasteiger partial charge in [0.05, 0.1) is 6.42 Å². The van der Waals surface area contributed by atoms with Crippen LogP contribution in [-0.2, 0) is 11.2 Å². The van der Waals surface area contributed by atoms with E-state index in [9.17, 15) is 4.79 Å². The van der Waals surface area contributed by atoms with Crippen LogP contribution in [0.2, 0.25) is 0 Å². The Hall–Kier alpha value is -1.81. The van der Waals surface area contributed by atoms with Crippen molar-refractivity contribution < 1.29 is 9.90 Å². The molecule has 0 aliphatic rings. The minimum atomic E-state index is -0.383. The van der Waals surface area contributed by atoms with Gasteiger partial charge in [-0.15, -0.1) is 0 Å². The highest BCUT2D eigenvalue weighted by Gasteiger charge is 2.21. The van der Waals surface area contributed by atoms with E-state index in [0.717, 1.165) is 22.2 Å². The van der Waals surface area contributed by atoms with Crippen LogP contribution in [0.5, 0.6) is 0 Å². The van der Waals surface area contributed by atoms with E-state index in [0.29, 0.717) is 12.8 Å². The lowest BCUT2D eigenvalue weighted by Gasteiger charge is -2.25. The van der Waals surface area contributed by atoms with Crippen molar-refractivity contribution in [1.29, 1.82) is 0 Å². The largest absolute Gasteiger partial charge is 0.396 e. The number of rotatable bonds is 5. The predicted octanol–water partition coefficient (Wildman–Crippen LogP) is 2.30. The smallest absolute Gasteiger partial charge is 0.224 e. The van der Waals surface area contributed by atoms with Gasteiger partial charge in [0.2, 0.25) is 5.91 Å². The lowest BCUT2D eigenvalue weighted by atomic mass is 10.00. The molecule has 1 amide bonds. The van der Waals surface area contributed by atoms with Gasteiger partial charge in [-0.3, -0.25) is 4.79 Å². The Kier molecular flexibility index (Phi) is 4.14. The molecule has 0 fully saturated rings. The third-order valence-corrected chi connectivity index (χ3v) is 3.58. The molecule has 0 aliphatic carbocycles. The van der Waals surface area contributed by atoms with Gasteiger partial charge in [-0.2, -0.15) is 0 Å². The fourth-order valence-corrected chi connectivity index (χ4v) is 2.49. The molecule has 1 aromatic heterocycles. The summed E-state index contributed by atoms with van der Waals surface area (Å²) >= 11 is 0. The van der Waals surface area contributed by atoms with Crippen LogP contribution < -0.4 is 5.32 Å². The molecule has 0 bridgehead atoms. The van der Waals surface area contributed by atoms with Gasteiger partial charge < -0.3 is 15.4 Å². The van der Waals surface area contributed by atoms with Gasteiger partial charge in [0.15, 0.2) is 0 Å². The van der Waals surface area contributed by atoms with Gasteiger partial charge in [0.1, 0.15) is 0 Å². The monoisotopic (exact) mass is 274 g/mol. The predicted molar refractivity (Wildman–Crippen MR) is 80.7 cm³/mol. The number of hydrogen-bond acceptors (Lipinski definition) is 2. The minimum absolute atomic E-state index is 0.0173. The normalized spacial score (nSPS) is 11.8. The molecule has 20 heavy (non-hydrogen) atoms. The van der Waals surface area contributed by atoms with E-state index >= 15 is 0 Å². The number of aromatic nitrogens is 1. The highest BCUT2D eigenvalue weighted by molar-refractivity contribution is 5.90. The van der Waals surface area contributed by atoms with E-state index in [1.54, 1.807) is 0 Å². The number of benzene rings is 1. The molecule has 0 saturated carbocycles. The number of amides is 1. The average molecular weight is 274 g/mol. The van der Waals surface area contributed by atoms with Gasteiger partial charge in [-0.1, -0.05) is 18.2 Å². The second-order valence-corrected chi connectivity index (χ2v) is 5.86. The van der Waals surface area contributed by atoms with Crippen LogP contribution in [0, 0.1) is 6.92 Å². The maximum Gasteiger partial charge on any atom is 0.224 e. The lowest BCUT2D eigenvalue weighted by molar-refractivity contribution is -0.122. The third-order valence-electron chi connectivity index (χ3n) is 3.58. The van der Waals surface area contributed by atoms with E-state index in [4.69, 9.17) is 5.11 Å². The fraction of sp³-hybridized carbons (Fsp3) is 0.438. The summed E-state index contributed by atoms with van der Waals surface area (Å²) in [5, 5.41) is 13.1. The number of nitrogens with one attached hydrogen (secondary N) is 2. The average Bonchev–Trinajstić information content (AvgIpc) is 2.65. The van der Waals surface area contributed by atoms with E-state index in [2.05, 4.69) is 10.3 Å². The summed E-state index contributed by atoms with van der Waals surface area (Å²) in [4.78, 5) is 15.5. The molecule has 3 N–H and O–H groups in total. The number of aliphatic hydroxyl groups excluding tert-OH is 1. The van der Waals surface area contributed by atoms with E-state index in [-0.39, 0.29) is 18.1 Å². The Balaban J connectivity index is 2.16. The number of aryl methyl sites for hydroxylation is 1. The fourth-order valence-electron chi connectivity index (χ4n) is 2.49. The molecular formula is C16H22N2O2. The third kappa shape index (κ3) is 3.20. The van der Waals surface area contributed by atoms with E-state index in [1.165, 1.54) is 0 Å². The zero-order chi connectivity index (χ0) is 14.8. The number of fused-ring (bicyclic) bond motifs is 1. The first-order valence-corrected chi connectivity index (χ1v) is 6.91. The van der Waals surface area contributed by atoms with Crippen molar-refractivity contribution in [3.63, 3.8) is 0 Å². The van der Waals surface area contributed by atoms with Crippen LogP contribution in [0.4, 0.5) is 0 Å². The highest BCUT2D eigenvalue weighted by Crippen LogP contribution is 2.22. The Bertz CT molecular complexity index is 614. The molecule has 1 aromatic carbocycles. The van der Waals surface area contributed by atoms with Crippen molar-refractivity contribution in [3.05, 3.63) is 35.5 Å². The maximum absolute atomic E-state index is 12.2. The summed E-state index contributed by atoms with van der Waals surface area (Å²) < 4.78 is 0. The highest BCUT2D eigenvalue weighted by atomic mass is 16.3. The molecule has 0 radical (unpaired) electrons. The van der Waals surface area contributed by atoms with Gasteiger partial charge in [-0.05, 0) is 38.8 Å². The molecule has 1 heterocycles. The van der Waals surface area contributed by atoms with E-state index < -0.39 is 0 Å². The van der Waals surface area contributed by atoms with Crippen molar-refractivity contribution in [2.45, 2.75) is 39.2 Å². The molecule has 0 saturated heterocycles. The Morgan fingerprint density at radius 2 is 2.05 bits per heavy atom. The molecule has 4 heteroatoms. The van der Waals surface area contributed by atoms with Gasteiger partial charge in [-0.25, -0.2) is 0 Å². The zero-order valence-electron chi connectivity index (χ0n) is 12.3. The van der Waals surface area contributed by atoms with Gasteiger partial charge in [0, 0.05) is 28.7 Å². The number of carbonyl (C=O) groups is 1. The first-order valence-electron chi connectivity index (χ1n) is 6.91. The van der Waals surface area contributed by atoms with Gasteiger partial charge >= 0.3 is 0 Å². The van der Waals surface area contributed by atoms with Gasteiger partial charge in [0.25, 0.3) is 0 Å². The Morgan fingerprint density at radius 1 is 1.35 bits per heavy atom. The number of aliphatic hydroxyl groups is 1. The first kappa shape index (κ1) is 14.6. The number of para-hydroxylation sites is 1. The molecule has 0 atom stereocenters. The van der Waals surface area contributed by atoms with Crippen LogP contribution in [0.25, 0.3) is 10.9 Å². The lowest BCUT2D eigenvalue weighted by Crippen LogP contribution is -2.44. The SMILES string of the molecule is Cc1[nH]c2ccccc2c1CC(=O)NC(C)(C)CCO. The molecule has 0 aliphatic heterocycles. The van der Waals surface area contributed by atoms with Crippen molar-refractivity contribution >= 4 is 16.8 Å². The van der Waals surface area contributed by atoms with Crippen molar-refractivity contribution in [2.75, 3.05) is 6.61 Å². The van der Waals surface area contributed by atoms with E-state index in [1.807, 2.05) is 45.0 Å². The van der Waals surface area contributed by atoms with Crippen LogP contribution in [0.15, 0.2) is 24.3 Å². The minimum Gasteiger partial charge on any atom is -0.396 e. The number of aromatic amines is 1. The Labute approximate surface area is 119 Å². The first-order chi connectivity index (χ1) is 9.43. The molecule has 108 valence electrons. The second-order valence-electron chi connectivity index (χ2n) is 5.86. The van der Waals surface area contributed by atoms with Crippen molar-refractivity contribution in [1.82, 2.24) is 10.3 Å². The van der Waals surface area contributed by atoms with Crippen LogP contribution >= 0.6 is 0 Å². The number of hydrogen-bond donors (Lipinski definition) is 3. The number of H-pyrrole nitrogens is 1. The molecule has 2 aromatic rings. The quantitative estimate of drug-likeness (QED) is 0.783. The van der Waals surface area contributed by atoms with Crippen LogP contribution in [-0.4, -0.2) is 28.1 Å². The standard InChI is InChI=1S/C16H22N2O2/c1-11-13(12-6-4-5-7-14(12)17-11)10-15(20)18-16(2,3)8-9-19/h4-7,17,19H,8-10H2,1-3H3,(H,18,20). The molecular weight excluding hydrogens is 252 g/mol. The van der Waals surface area contributed by atoms with Crippen molar-refractivity contribution in [2.24, 2.45) is 0 Å². The maximum atomic E-state index is 12.2. The number of carbonyl (C=O) groups excluding carboxylic acids is 1. The molecule has 0 spiro atoms. The Morgan fingerprint density at radius 3 is 2.75 bits per heavy atom. The van der Waals surface area contributed by atoms with Crippen LogP contribution in [0.3, 0.4) is 0 Å². The summed E-state index contributed by atoms with van der Waals surface area (Å²) in [6.45, 7) is 5.90. The summed E-state index contributed by atoms with van der Waals surface area (Å²) in [5.74, 6) is -0.0173. The second kappa shape index (κ2) is 5.67. The summed E-state index contributed by atoms with van der Waals surface area (Å²) in [6, 6.07) is 8.00. The summed E-state index contributed by atoms with van der Waals surface area (Å²) in [7, 11) is 0. The molecule has 4 nitrogen and oxygen atoms in total. The molecule has 2 rings (SSSR count).